The van der Waals surface area contributed by atoms with Crippen LogP contribution in [0.4, 0.5) is 5.69 Å². The molecule has 3 rings (SSSR count). The summed E-state index contributed by atoms with van der Waals surface area (Å²) in [5.41, 5.74) is 2.89. The van der Waals surface area contributed by atoms with Crippen LogP contribution >= 0.6 is 0 Å². The molecule has 0 aromatic heterocycles. The highest BCUT2D eigenvalue weighted by Crippen LogP contribution is 2.24. The van der Waals surface area contributed by atoms with Gasteiger partial charge in [0.1, 0.15) is 6.04 Å². The van der Waals surface area contributed by atoms with E-state index < -0.39 is 16.1 Å². The molecule has 1 N–H and O–H groups in total. The summed E-state index contributed by atoms with van der Waals surface area (Å²) in [6.45, 7) is 0.405. The molecule has 0 radical (unpaired) electrons. The quantitative estimate of drug-likeness (QED) is 0.893. The first-order valence-corrected chi connectivity index (χ1v) is 10.2. The number of carbonyl (C=O) groups is 1. The number of benzene rings is 2. The van der Waals surface area contributed by atoms with Gasteiger partial charge >= 0.3 is 0 Å². The molecule has 0 unspecified atom stereocenters. The molecular weight excluding hydrogens is 336 g/mol. The van der Waals surface area contributed by atoms with E-state index >= 15 is 0 Å². The van der Waals surface area contributed by atoms with Crippen LogP contribution in [0, 0.1) is 0 Å². The number of rotatable bonds is 5. The molecule has 1 amide bonds. The Labute approximate surface area is 148 Å². The monoisotopic (exact) mass is 358 g/mol. The van der Waals surface area contributed by atoms with Gasteiger partial charge in [-0.1, -0.05) is 48.5 Å². The number of anilines is 1. The summed E-state index contributed by atoms with van der Waals surface area (Å²) in [4.78, 5) is 12.7. The smallest absolute Gasteiger partial charge is 0.242 e. The topological polar surface area (TPSA) is 66.5 Å². The Balaban J connectivity index is 1.78. The number of sulfonamides is 1. The van der Waals surface area contributed by atoms with Gasteiger partial charge in [0.25, 0.3) is 0 Å². The number of para-hydroxylation sites is 1. The van der Waals surface area contributed by atoms with Crippen LogP contribution in [-0.2, 0) is 21.2 Å². The van der Waals surface area contributed by atoms with Crippen LogP contribution in [0.1, 0.15) is 24.0 Å². The van der Waals surface area contributed by atoms with E-state index in [-0.39, 0.29) is 5.91 Å². The summed E-state index contributed by atoms with van der Waals surface area (Å²) in [5, 5.41) is 2.93. The predicted molar refractivity (Wildman–Crippen MR) is 98.9 cm³/mol. The molecule has 25 heavy (non-hydrogen) atoms. The third-order valence-corrected chi connectivity index (χ3v) is 5.73. The second-order valence-electron chi connectivity index (χ2n) is 6.34. The lowest BCUT2D eigenvalue weighted by molar-refractivity contribution is -0.119. The second-order valence-corrected chi connectivity index (χ2v) is 8.28. The maximum Gasteiger partial charge on any atom is 0.242 e. The summed E-state index contributed by atoms with van der Waals surface area (Å²) in [5.74, 6) is -0.261. The van der Waals surface area contributed by atoms with Crippen molar-refractivity contribution in [3.63, 3.8) is 0 Å². The molecule has 0 spiro atoms. The van der Waals surface area contributed by atoms with Gasteiger partial charge in [0.2, 0.25) is 15.9 Å². The van der Waals surface area contributed by atoms with E-state index in [0.29, 0.717) is 25.8 Å². The van der Waals surface area contributed by atoms with Gasteiger partial charge in [0, 0.05) is 12.2 Å². The highest BCUT2D eigenvalue weighted by atomic mass is 32.2. The number of hydrogen-bond donors (Lipinski definition) is 1. The highest BCUT2D eigenvalue weighted by molar-refractivity contribution is 7.88. The first-order valence-electron chi connectivity index (χ1n) is 8.34. The predicted octanol–water partition coefficient (Wildman–Crippen LogP) is 2.64. The Kier molecular flexibility index (Phi) is 5.20. The van der Waals surface area contributed by atoms with E-state index in [1.165, 1.54) is 4.31 Å². The molecule has 1 heterocycles. The normalized spacial score (nSPS) is 18.2. The van der Waals surface area contributed by atoms with Crippen molar-refractivity contribution in [3.05, 3.63) is 65.7 Å². The van der Waals surface area contributed by atoms with Crippen molar-refractivity contribution < 1.29 is 13.2 Å². The largest absolute Gasteiger partial charge is 0.324 e. The van der Waals surface area contributed by atoms with E-state index in [4.69, 9.17) is 0 Å². The zero-order valence-corrected chi connectivity index (χ0v) is 15.0. The molecule has 0 saturated carbocycles. The van der Waals surface area contributed by atoms with Gasteiger partial charge in [0.05, 0.1) is 6.26 Å². The SMILES string of the molecule is CS(=O)(=O)N1CCC[C@H]1C(=O)Nc1ccccc1Cc1ccccc1. The van der Waals surface area contributed by atoms with Crippen LogP contribution in [0.2, 0.25) is 0 Å². The lowest BCUT2D eigenvalue weighted by atomic mass is 10.0. The minimum atomic E-state index is -3.38. The highest BCUT2D eigenvalue weighted by Gasteiger charge is 2.36. The first kappa shape index (κ1) is 17.6. The van der Waals surface area contributed by atoms with Gasteiger partial charge in [-0.15, -0.1) is 0 Å². The zero-order valence-electron chi connectivity index (χ0n) is 14.2. The molecule has 1 saturated heterocycles. The maximum atomic E-state index is 12.7. The molecule has 2 aromatic carbocycles. The van der Waals surface area contributed by atoms with Crippen LogP contribution in [-0.4, -0.2) is 37.5 Å². The molecule has 1 atom stereocenters. The number of carbonyl (C=O) groups excluding carboxylic acids is 1. The Hall–Kier alpha value is -2.18. The zero-order chi connectivity index (χ0) is 17.9. The minimum absolute atomic E-state index is 0.261. The van der Waals surface area contributed by atoms with Crippen LogP contribution in [0.25, 0.3) is 0 Å². The Morgan fingerprint density at radius 2 is 1.80 bits per heavy atom. The molecule has 6 heteroatoms. The van der Waals surface area contributed by atoms with Crippen molar-refractivity contribution in [1.82, 2.24) is 4.31 Å². The molecule has 2 aromatic rings. The standard InChI is InChI=1S/C19H22N2O3S/c1-25(23,24)21-13-7-12-18(21)19(22)20-17-11-6-5-10-16(17)14-15-8-3-2-4-9-15/h2-6,8-11,18H,7,12-14H2,1H3,(H,20,22)/t18-/m0/s1. The Morgan fingerprint density at radius 1 is 1.12 bits per heavy atom. The van der Waals surface area contributed by atoms with E-state index in [0.717, 1.165) is 23.1 Å². The van der Waals surface area contributed by atoms with Gasteiger partial charge in [-0.25, -0.2) is 8.42 Å². The Morgan fingerprint density at radius 3 is 2.52 bits per heavy atom. The number of nitrogens with one attached hydrogen (secondary N) is 1. The fraction of sp³-hybridized carbons (Fsp3) is 0.316. The van der Waals surface area contributed by atoms with Crippen molar-refractivity contribution in [2.24, 2.45) is 0 Å². The summed E-state index contributed by atoms with van der Waals surface area (Å²) in [6, 6.07) is 17.0. The molecule has 5 nitrogen and oxygen atoms in total. The summed E-state index contributed by atoms with van der Waals surface area (Å²) >= 11 is 0. The third kappa shape index (κ3) is 4.27. The van der Waals surface area contributed by atoms with E-state index in [9.17, 15) is 13.2 Å². The van der Waals surface area contributed by atoms with Crippen LogP contribution in [0.5, 0.6) is 0 Å². The van der Waals surface area contributed by atoms with Gasteiger partial charge in [-0.3, -0.25) is 4.79 Å². The lowest BCUT2D eigenvalue weighted by Gasteiger charge is -2.22. The van der Waals surface area contributed by atoms with Gasteiger partial charge < -0.3 is 5.32 Å². The first-order chi connectivity index (χ1) is 11.9. The number of hydrogen-bond acceptors (Lipinski definition) is 3. The van der Waals surface area contributed by atoms with Crippen molar-refractivity contribution >= 4 is 21.6 Å². The lowest BCUT2D eigenvalue weighted by Crippen LogP contribution is -2.42. The minimum Gasteiger partial charge on any atom is -0.324 e. The maximum absolute atomic E-state index is 12.7. The van der Waals surface area contributed by atoms with Gasteiger partial charge in [-0.2, -0.15) is 4.31 Å². The summed E-state index contributed by atoms with van der Waals surface area (Å²) in [7, 11) is -3.38. The molecule has 0 aliphatic carbocycles. The van der Waals surface area contributed by atoms with Crippen molar-refractivity contribution in [2.45, 2.75) is 25.3 Å². The Bertz CT molecular complexity index is 850. The van der Waals surface area contributed by atoms with Crippen molar-refractivity contribution in [2.75, 3.05) is 18.1 Å². The molecule has 132 valence electrons. The van der Waals surface area contributed by atoms with E-state index in [2.05, 4.69) is 5.32 Å². The fourth-order valence-corrected chi connectivity index (χ4v) is 4.35. The van der Waals surface area contributed by atoms with Crippen LogP contribution < -0.4 is 5.32 Å². The van der Waals surface area contributed by atoms with E-state index in [1.807, 2.05) is 54.6 Å². The number of nitrogens with zero attached hydrogens (tertiary/aromatic N) is 1. The summed E-state index contributed by atoms with van der Waals surface area (Å²) < 4.78 is 25.0. The average Bonchev–Trinajstić information content (AvgIpc) is 3.08. The average molecular weight is 358 g/mol. The molecule has 1 aliphatic heterocycles. The van der Waals surface area contributed by atoms with Crippen LogP contribution in [0.15, 0.2) is 54.6 Å². The van der Waals surface area contributed by atoms with Gasteiger partial charge in [0.15, 0.2) is 0 Å². The molecule has 1 aliphatic rings. The third-order valence-electron chi connectivity index (χ3n) is 4.44. The van der Waals surface area contributed by atoms with Crippen molar-refractivity contribution in [3.8, 4) is 0 Å². The number of amides is 1. The molecule has 0 bridgehead atoms. The fourth-order valence-electron chi connectivity index (χ4n) is 3.23. The second kappa shape index (κ2) is 7.37. The molecular formula is C19H22N2O3S. The van der Waals surface area contributed by atoms with Crippen LogP contribution in [0.3, 0.4) is 0 Å². The molecule has 1 fully saturated rings. The van der Waals surface area contributed by atoms with Crippen molar-refractivity contribution in [1.29, 1.82) is 0 Å². The summed E-state index contributed by atoms with van der Waals surface area (Å²) in [6.07, 6.45) is 3.12. The van der Waals surface area contributed by atoms with Gasteiger partial charge in [-0.05, 0) is 36.5 Å². The van der Waals surface area contributed by atoms with E-state index in [1.54, 1.807) is 0 Å².